The number of nitrogens with one attached hydrogen (secondary N) is 1. The molecule has 1 fully saturated rings. The Kier molecular flexibility index (Phi) is 5.22. The number of aryl methyl sites for hydroxylation is 1. The number of nitrogens with zero attached hydrogens (tertiary/aromatic N) is 6. The Morgan fingerprint density at radius 3 is 2.61 bits per heavy atom. The van der Waals surface area contributed by atoms with Gasteiger partial charge in [0.2, 0.25) is 10.0 Å². The van der Waals surface area contributed by atoms with Gasteiger partial charge in [0, 0.05) is 49.0 Å². The third-order valence-electron chi connectivity index (χ3n) is 5.83. The molecule has 1 N–H and O–H groups in total. The Morgan fingerprint density at radius 1 is 1.12 bits per heavy atom. The Labute approximate surface area is 190 Å². The van der Waals surface area contributed by atoms with Crippen molar-refractivity contribution in [1.82, 2.24) is 33.9 Å². The van der Waals surface area contributed by atoms with E-state index in [0.29, 0.717) is 41.2 Å². The van der Waals surface area contributed by atoms with Gasteiger partial charge < -0.3 is 9.88 Å². The van der Waals surface area contributed by atoms with Crippen molar-refractivity contribution in [1.29, 1.82) is 0 Å². The van der Waals surface area contributed by atoms with Crippen LogP contribution in [-0.4, -0.2) is 73.9 Å². The molecule has 1 atom stereocenters. The predicted octanol–water partition coefficient (Wildman–Crippen LogP) is 1.99. The molecule has 0 unspecified atom stereocenters. The molecule has 170 valence electrons. The number of piperazine rings is 1. The molecule has 33 heavy (non-hydrogen) atoms. The number of fused-ring (bicyclic) bond motifs is 1. The number of aromatic nitrogens is 5. The number of rotatable bonds is 4. The molecule has 1 aliphatic rings. The molecule has 4 heterocycles. The van der Waals surface area contributed by atoms with Crippen molar-refractivity contribution in [3.63, 3.8) is 0 Å². The van der Waals surface area contributed by atoms with Crippen molar-refractivity contribution in [3.8, 4) is 5.82 Å². The molecule has 0 bridgehead atoms. The lowest BCUT2D eigenvalue weighted by atomic mass is 10.1. The van der Waals surface area contributed by atoms with E-state index in [9.17, 15) is 13.2 Å². The first kappa shape index (κ1) is 21.3. The van der Waals surface area contributed by atoms with E-state index < -0.39 is 10.0 Å². The zero-order valence-corrected chi connectivity index (χ0v) is 19.0. The number of benzene rings is 1. The number of sulfonamides is 1. The minimum atomic E-state index is -3.81. The van der Waals surface area contributed by atoms with E-state index in [2.05, 4.69) is 20.1 Å². The molecule has 1 aliphatic heterocycles. The van der Waals surface area contributed by atoms with E-state index in [-0.39, 0.29) is 23.4 Å². The Bertz CT molecular complexity index is 1430. The number of hydrogen-bond donors (Lipinski definition) is 1. The van der Waals surface area contributed by atoms with Gasteiger partial charge in [-0.3, -0.25) is 4.79 Å². The number of amides is 1. The van der Waals surface area contributed by atoms with Crippen LogP contribution in [0.15, 0.2) is 60.0 Å². The highest BCUT2D eigenvalue weighted by Gasteiger charge is 2.36. The molecule has 0 radical (unpaired) electrons. The van der Waals surface area contributed by atoms with E-state index in [1.54, 1.807) is 36.2 Å². The van der Waals surface area contributed by atoms with Crippen LogP contribution >= 0.6 is 0 Å². The van der Waals surface area contributed by atoms with Crippen LogP contribution in [-0.2, 0) is 10.0 Å². The van der Waals surface area contributed by atoms with Crippen molar-refractivity contribution < 1.29 is 13.2 Å². The van der Waals surface area contributed by atoms with Gasteiger partial charge in [-0.2, -0.15) is 9.40 Å². The van der Waals surface area contributed by atoms with Crippen LogP contribution in [0.5, 0.6) is 0 Å². The van der Waals surface area contributed by atoms with Crippen LogP contribution in [0, 0.1) is 6.92 Å². The first-order valence-electron chi connectivity index (χ1n) is 10.6. The summed E-state index contributed by atoms with van der Waals surface area (Å²) >= 11 is 0. The zero-order valence-electron chi connectivity index (χ0n) is 18.2. The second-order valence-electron chi connectivity index (χ2n) is 8.03. The maximum atomic E-state index is 13.6. The molecule has 0 aliphatic carbocycles. The minimum Gasteiger partial charge on any atom is -0.357 e. The quantitative estimate of drug-likeness (QED) is 0.493. The number of aromatic amines is 1. The number of pyridine rings is 1. The highest BCUT2D eigenvalue weighted by atomic mass is 32.2. The SMILES string of the molecule is Cc1ncn(-c2nccc3c(S(=O)(=O)N4CCN(C(=O)c5ccccc5)C[C@H]4C)c[nH]c23)n1. The molecule has 5 rings (SSSR count). The molecule has 1 amide bonds. The smallest absolute Gasteiger partial charge is 0.253 e. The lowest BCUT2D eigenvalue weighted by Gasteiger charge is -2.38. The van der Waals surface area contributed by atoms with Gasteiger partial charge in [-0.25, -0.2) is 23.1 Å². The Balaban J connectivity index is 1.43. The number of carbonyl (C=O) groups excluding carboxylic acids is 1. The van der Waals surface area contributed by atoms with Crippen LogP contribution in [0.3, 0.4) is 0 Å². The standard InChI is InChI=1S/C22H23N7O3S/c1-15-13-27(22(30)17-6-4-3-5-7-17)10-11-29(15)33(31,32)19-12-24-20-18(19)8-9-23-21(20)28-14-25-16(2)26-28/h3-9,12,14-15,24H,10-11,13H2,1-2H3/t15-/m1/s1. The van der Waals surface area contributed by atoms with Crippen LogP contribution in [0.4, 0.5) is 0 Å². The van der Waals surface area contributed by atoms with Crippen LogP contribution in [0.25, 0.3) is 16.7 Å². The second kappa shape index (κ2) is 8.09. The third kappa shape index (κ3) is 3.68. The van der Waals surface area contributed by atoms with E-state index in [4.69, 9.17) is 0 Å². The summed E-state index contributed by atoms with van der Waals surface area (Å²) in [4.78, 5) is 26.2. The summed E-state index contributed by atoms with van der Waals surface area (Å²) in [6.07, 6.45) is 4.59. The van der Waals surface area contributed by atoms with Crippen LogP contribution < -0.4 is 0 Å². The normalized spacial score (nSPS) is 17.5. The number of H-pyrrole nitrogens is 1. The lowest BCUT2D eigenvalue weighted by Crippen LogP contribution is -2.55. The first-order chi connectivity index (χ1) is 15.9. The molecule has 0 saturated carbocycles. The number of carbonyl (C=O) groups is 1. The van der Waals surface area contributed by atoms with Gasteiger partial charge in [0.15, 0.2) is 5.82 Å². The molecular formula is C22H23N7O3S. The molecule has 1 aromatic carbocycles. The summed E-state index contributed by atoms with van der Waals surface area (Å²) in [7, 11) is -3.81. The molecule has 4 aromatic rings. The fraction of sp³-hybridized carbons (Fsp3) is 0.273. The first-order valence-corrected chi connectivity index (χ1v) is 12.0. The van der Waals surface area contributed by atoms with Crippen molar-refractivity contribution >= 4 is 26.8 Å². The highest BCUT2D eigenvalue weighted by Crippen LogP contribution is 2.30. The van der Waals surface area contributed by atoms with E-state index in [1.807, 2.05) is 25.1 Å². The number of hydrogen-bond acceptors (Lipinski definition) is 6. The Hall–Kier alpha value is -3.57. The monoisotopic (exact) mass is 465 g/mol. The molecular weight excluding hydrogens is 442 g/mol. The largest absolute Gasteiger partial charge is 0.357 e. The van der Waals surface area contributed by atoms with Crippen molar-refractivity contribution in [3.05, 3.63) is 66.5 Å². The summed E-state index contributed by atoms with van der Waals surface area (Å²) in [6.45, 7) is 4.45. The predicted molar refractivity (Wildman–Crippen MR) is 121 cm³/mol. The fourth-order valence-electron chi connectivity index (χ4n) is 4.22. The summed E-state index contributed by atoms with van der Waals surface area (Å²) in [6, 6.07) is 10.3. The van der Waals surface area contributed by atoms with E-state index in [0.717, 1.165) is 0 Å². The van der Waals surface area contributed by atoms with Crippen LogP contribution in [0.2, 0.25) is 0 Å². The Morgan fingerprint density at radius 2 is 1.91 bits per heavy atom. The summed E-state index contributed by atoms with van der Waals surface area (Å²) in [5.41, 5.74) is 1.16. The van der Waals surface area contributed by atoms with E-state index >= 15 is 0 Å². The average molecular weight is 466 g/mol. The molecule has 0 spiro atoms. The van der Waals surface area contributed by atoms with Crippen molar-refractivity contribution in [2.45, 2.75) is 24.8 Å². The van der Waals surface area contributed by atoms with Gasteiger partial charge >= 0.3 is 0 Å². The van der Waals surface area contributed by atoms with Crippen molar-refractivity contribution in [2.75, 3.05) is 19.6 Å². The molecule has 11 heteroatoms. The fourth-order valence-corrected chi connectivity index (χ4v) is 5.99. The van der Waals surface area contributed by atoms with E-state index in [1.165, 1.54) is 21.5 Å². The zero-order chi connectivity index (χ0) is 23.2. The highest BCUT2D eigenvalue weighted by molar-refractivity contribution is 7.89. The van der Waals surface area contributed by atoms with Gasteiger partial charge in [0.1, 0.15) is 17.0 Å². The summed E-state index contributed by atoms with van der Waals surface area (Å²) in [5.74, 6) is 0.969. The second-order valence-corrected chi connectivity index (χ2v) is 9.89. The molecule has 10 nitrogen and oxygen atoms in total. The van der Waals surface area contributed by atoms with Gasteiger partial charge in [-0.05, 0) is 32.0 Å². The maximum Gasteiger partial charge on any atom is 0.253 e. The topological polar surface area (TPSA) is 117 Å². The molecule has 1 saturated heterocycles. The van der Waals surface area contributed by atoms with Gasteiger partial charge in [0.25, 0.3) is 5.91 Å². The van der Waals surface area contributed by atoms with Gasteiger partial charge in [-0.1, -0.05) is 18.2 Å². The third-order valence-corrected chi connectivity index (χ3v) is 7.88. The lowest BCUT2D eigenvalue weighted by molar-refractivity contribution is 0.0642. The maximum absolute atomic E-state index is 13.6. The average Bonchev–Trinajstić information content (AvgIpc) is 3.45. The van der Waals surface area contributed by atoms with Crippen LogP contribution in [0.1, 0.15) is 23.1 Å². The van der Waals surface area contributed by atoms with Crippen molar-refractivity contribution in [2.24, 2.45) is 0 Å². The summed E-state index contributed by atoms with van der Waals surface area (Å²) < 4.78 is 30.2. The summed E-state index contributed by atoms with van der Waals surface area (Å²) in [5, 5.41) is 4.81. The van der Waals surface area contributed by atoms with Gasteiger partial charge in [0.05, 0.1) is 5.52 Å². The molecule has 3 aromatic heterocycles. The minimum absolute atomic E-state index is 0.0922. The van der Waals surface area contributed by atoms with Gasteiger partial charge in [-0.15, -0.1) is 0 Å².